The van der Waals surface area contributed by atoms with Crippen LogP contribution in [0.1, 0.15) is 24.8 Å². The molecule has 2 N–H and O–H groups in total. The number of aliphatic carboxylic acids is 1. The van der Waals surface area contributed by atoms with Crippen molar-refractivity contribution in [1.82, 2.24) is 9.97 Å². The second kappa shape index (κ2) is 7.78. The number of aliphatic hydroxyl groups is 1. The third kappa shape index (κ3) is 3.83. The van der Waals surface area contributed by atoms with Crippen molar-refractivity contribution in [3.63, 3.8) is 0 Å². The summed E-state index contributed by atoms with van der Waals surface area (Å²) >= 11 is 0. The van der Waals surface area contributed by atoms with Gasteiger partial charge in [-0.1, -0.05) is 30.3 Å². The number of carboxylic acids is 1. The number of aliphatic hydroxyl groups excluding tert-OH is 1. The van der Waals surface area contributed by atoms with Crippen molar-refractivity contribution in [2.45, 2.75) is 31.8 Å². The van der Waals surface area contributed by atoms with Gasteiger partial charge in [0.25, 0.3) is 0 Å². The second-order valence-electron chi connectivity index (χ2n) is 6.73. The lowest BCUT2D eigenvalue weighted by molar-refractivity contribution is -0.158. The Kier molecular flexibility index (Phi) is 5.46. The zero-order valence-electron chi connectivity index (χ0n) is 14.4. The van der Waals surface area contributed by atoms with E-state index in [-0.39, 0.29) is 12.5 Å². The summed E-state index contributed by atoms with van der Waals surface area (Å²) < 4.78 is 13.0. The fourth-order valence-electron chi connectivity index (χ4n) is 3.53. The first-order chi connectivity index (χ1) is 12.5. The lowest BCUT2D eigenvalue weighted by Gasteiger charge is -2.43. The van der Waals surface area contributed by atoms with E-state index in [4.69, 9.17) is 0 Å². The van der Waals surface area contributed by atoms with Crippen LogP contribution in [0.4, 0.5) is 10.3 Å². The molecular formula is C19H22FN3O3. The van der Waals surface area contributed by atoms with Crippen molar-refractivity contribution in [3.8, 4) is 0 Å². The van der Waals surface area contributed by atoms with E-state index in [1.54, 1.807) is 4.90 Å². The van der Waals surface area contributed by atoms with Gasteiger partial charge in [0.15, 0.2) is 5.82 Å². The highest BCUT2D eigenvalue weighted by Crippen LogP contribution is 2.37. The van der Waals surface area contributed by atoms with Gasteiger partial charge in [0.05, 0.1) is 18.5 Å². The van der Waals surface area contributed by atoms with Crippen molar-refractivity contribution >= 4 is 11.9 Å². The number of hydrogen-bond acceptors (Lipinski definition) is 5. The maximum Gasteiger partial charge on any atom is 0.314 e. The highest BCUT2D eigenvalue weighted by atomic mass is 19.1. The van der Waals surface area contributed by atoms with Crippen LogP contribution >= 0.6 is 0 Å². The number of halogens is 1. The molecule has 1 aromatic carbocycles. The van der Waals surface area contributed by atoms with Gasteiger partial charge in [-0.25, -0.2) is 14.4 Å². The third-order valence-electron chi connectivity index (χ3n) is 5.03. The molecule has 138 valence electrons. The lowest BCUT2D eigenvalue weighted by Crippen LogP contribution is -2.56. The first-order valence-electron chi connectivity index (χ1n) is 8.69. The molecule has 0 unspecified atom stereocenters. The van der Waals surface area contributed by atoms with E-state index in [9.17, 15) is 19.4 Å². The van der Waals surface area contributed by atoms with Gasteiger partial charge in [0.2, 0.25) is 5.95 Å². The topological polar surface area (TPSA) is 86.5 Å². The van der Waals surface area contributed by atoms with Crippen molar-refractivity contribution < 1.29 is 19.4 Å². The molecule has 7 heteroatoms. The predicted octanol–water partition coefficient (Wildman–Crippen LogP) is 2.28. The highest BCUT2D eigenvalue weighted by Gasteiger charge is 2.49. The molecule has 6 nitrogen and oxygen atoms in total. The van der Waals surface area contributed by atoms with Gasteiger partial charge < -0.3 is 15.1 Å². The zero-order valence-corrected chi connectivity index (χ0v) is 14.4. The van der Waals surface area contributed by atoms with Gasteiger partial charge in [-0.05, 0) is 31.2 Å². The van der Waals surface area contributed by atoms with Crippen LogP contribution in [0.15, 0.2) is 42.7 Å². The average Bonchev–Trinajstić information content (AvgIpc) is 2.65. The van der Waals surface area contributed by atoms with Gasteiger partial charge in [-0.2, -0.15) is 0 Å². The molecule has 2 atom stereocenters. The Labute approximate surface area is 151 Å². The molecule has 0 spiro atoms. The van der Waals surface area contributed by atoms with Crippen LogP contribution in [0.25, 0.3) is 0 Å². The molecule has 0 radical (unpaired) electrons. The van der Waals surface area contributed by atoms with Crippen LogP contribution in [-0.2, 0) is 11.2 Å². The molecule has 26 heavy (non-hydrogen) atoms. The predicted molar refractivity (Wildman–Crippen MR) is 94.3 cm³/mol. The fraction of sp³-hybridized carbons (Fsp3) is 0.421. The minimum Gasteiger partial charge on any atom is -0.481 e. The van der Waals surface area contributed by atoms with Gasteiger partial charge in [-0.15, -0.1) is 0 Å². The summed E-state index contributed by atoms with van der Waals surface area (Å²) in [6, 6.07) is 9.84. The van der Waals surface area contributed by atoms with Gasteiger partial charge in [0.1, 0.15) is 5.41 Å². The summed E-state index contributed by atoms with van der Waals surface area (Å²) in [6.07, 6.45) is 3.22. The largest absolute Gasteiger partial charge is 0.481 e. The Morgan fingerprint density at radius 2 is 1.96 bits per heavy atom. The molecule has 0 amide bonds. The number of carboxylic acid groups (broad SMARTS) is 1. The summed E-state index contributed by atoms with van der Waals surface area (Å²) in [5.41, 5.74) is -0.151. The Morgan fingerprint density at radius 1 is 1.27 bits per heavy atom. The van der Waals surface area contributed by atoms with Crippen molar-refractivity contribution in [2.75, 3.05) is 18.0 Å². The van der Waals surface area contributed by atoms with Crippen LogP contribution in [-0.4, -0.2) is 45.3 Å². The Balaban J connectivity index is 1.74. The van der Waals surface area contributed by atoms with Crippen molar-refractivity contribution in [3.05, 3.63) is 54.1 Å². The quantitative estimate of drug-likeness (QED) is 0.823. The molecule has 1 aliphatic heterocycles. The van der Waals surface area contributed by atoms with Gasteiger partial charge in [0, 0.05) is 13.1 Å². The summed E-state index contributed by atoms with van der Waals surface area (Å²) in [5, 5.41) is 20.4. The molecule has 1 saturated heterocycles. The first kappa shape index (κ1) is 18.3. The summed E-state index contributed by atoms with van der Waals surface area (Å²) in [7, 11) is 0. The van der Waals surface area contributed by atoms with Gasteiger partial charge in [-0.3, -0.25) is 4.79 Å². The average molecular weight is 359 g/mol. The highest BCUT2D eigenvalue weighted by molar-refractivity contribution is 5.76. The van der Waals surface area contributed by atoms with Crippen LogP contribution in [0.5, 0.6) is 0 Å². The Bertz CT molecular complexity index is 741. The normalized spacial score (nSPS) is 23.0. The molecule has 1 aliphatic rings. The molecule has 3 rings (SSSR count). The third-order valence-corrected chi connectivity index (χ3v) is 5.03. The number of piperidine rings is 1. The lowest BCUT2D eigenvalue weighted by atomic mass is 9.73. The smallest absolute Gasteiger partial charge is 0.314 e. The monoisotopic (exact) mass is 359 g/mol. The summed E-state index contributed by atoms with van der Waals surface area (Å²) in [5.74, 6) is -1.28. The van der Waals surface area contributed by atoms with Crippen molar-refractivity contribution in [2.24, 2.45) is 5.41 Å². The van der Waals surface area contributed by atoms with Gasteiger partial charge >= 0.3 is 5.97 Å². The number of anilines is 1. The van der Waals surface area contributed by atoms with Crippen LogP contribution in [0, 0.1) is 11.2 Å². The van der Waals surface area contributed by atoms with E-state index in [1.807, 2.05) is 30.3 Å². The number of aryl methyl sites for hydroxylation is 1. The molecule has 2 aromatic rings. The molecule has 2 heterocycles. The maximum atomic E-state index is 13.0. The van der Waals surface area contributed by atoms with Crippen LogP contribution < -0.4 is 4.90 Å². The molecule has 1 aromatic heterocycles. The Morgan fingerprint density at radius 3 is 2.62 bits per heavy atom. The minimum absolute atomic E-state index is 0.101. The Hall–Kier alpha value is -2.54. The SMILES string of the molecule is O=C(O)[C@]1(CCCc2ccccc2)CN(c2ncc(F)cn2)CC[C@H]1O. The molecule has 1 fully saturated rings. The fourth-order valence-corrected chi connectivity index (χ4v) is 3.53. The molecular weight excluding hydrogens is 337 g/mol. The first-order valence-corrected chi connectivity index (χ1v) is 8.69. The number of nitrogens with zero attached hydrogens (tertiary/aromatic N) is 3. The van der Waals surface area contributed by atoms with E-state index in [2.05, 4.69) is 9.97 Å². The molecule has 0 bridgehead atoms. The number of carbonyl (C=O) groups is 1. The summed E-state index contributed by atoms with van der Waals surface area (Å²) in [4.78, 5) is 21.7. The maximum absolute atomic E-state index is 13.0. The van der Waals surface area contributed by atoms with E-state index in [1.165, 1.54) is 0 Å². The van der Waals surface area contributed by atoms with E-state index in [0.29, 0.717) is 25.8 Å². The number of aromatic nitrogens is 2. The van der Waals surface area contributed by atoms with E-state index in [0.717, 1.165) is 24.4 Å². The van der Waals surface area contributed by atoms with E-state index < -0.39 is 23.3 Å². The molecule has 0 aliphatic carbocycles. The zero-order chi connectivity index (χ0) is 18.6. The van der Waals surface area contributed by atoms with Crippen molar-refractivity contribution in [1.29, 1.82) is 0 Å². The van der Waals surface area contributed by atoms with Crippen LogP contribution in [0.3, 0.4) is 0 Å². The number of rotatable bonds is 6. The minimum atomic E-state index is -1.29. The number of benzene rings is 1. The second-order valence-corrected chi connectivity index (χ2v) is 6.73. The van der Waals surface area contributed by atoms with E-state index >= 15 is 0 Å². The van der Waals surface area contributed by atoms with Crippen LogP contribution in [0.2, 0.25) is 0 Å². The molecule has 0 saturated carbocycles. The standard InChI is InChI=1S/C19H22FN3O3/c20-15-11-21-18(22-12-15)23-10-8-16(24)19(13-23,17(25)26)9-4-7-14-5-2-1-3-6-14/h1-3,5-6,11-12,16,24H,4,7-10,13H2,(H,25,26)/t16-,19-/m1/s1. The summed E-state index contributed by atoms with van der Waals surface area (Å²) in [6.45, 7) is 0.532. The number of hydrogen-bond donors (Lipinski definition) is 2.